The highest BCUT2D eigenvalue weighted by Gasteiger charge is 2.35. The third-order valence-electron chi connectivity index (χ3n) is 6.98. The maximum absolute atomic E-state index is 13.9. The molecule has 0 bridgehead atoms. The van der Waals surface area contributed by atoms with Crippen LogP contribution in [-0.4, -0.2) is 35.9 Å². The van der Waals surface area contributed by atoms with Gasteiger partial charge in [0.1, 0.15) is 23.4 Å². The monoisotopic (exact) mass is 546 g/mol. The maximum atomic E-state index is 13.9. The molecule has 8 nitrogen and oxygen atoms in total. The summed E-state index contributed by atoms with van der Waals surface area (Å²) < 4.78 is 19.4. The van der Waals surface area contributed by atoms with Crippen LogP contribution in [0.3, 0.4) is 0 Å². The molecule has 0 spiro atoms. The fraction of sp³-hybridized carbons (Fsp3) is 0.355. The molecular formula is C31H35FN4O4. The van der Waals surface area contributed by atoms with Gasteiger partial charge >= 0.3 is 0 Å². The fourth-order valence-corrected chi connectivity index (χ4v) is 5.00. The minimum Gasteiger partial charge on any atom is -0.495 e. The van der Waals surface area contributed by atoms with Gasteiger partial charge in [0, 0.05) is 25.1 Å². The Morgan fingerprint density at radius 3 is 2.40 bits per heavy atom. The number of anilines is 2. The van der Waals surface area contributed by atoms with E-state index in [-0.39, 0.29) is 43.0 Å². The fourth-order valence-electron chi connectivity index (χ4n) is 5.00. The van der Waals surface area contributed by atoms with Crippen molar-refractivity contribution >= 4 is 29.2 Å². The second kappa shape index (κ2) is 14.2. The van der Waals surface area contributed by atoms with Crippen LogP contribution in [0.25, 0.3) is 0 Å². The maximum Gasteiger partial charge on any atom is 0.248 e. The second-order valence-electron chi connectivity index (χ2n) is 9.85. The Kier molecular flexibility index (Phi) is 10.2. The van der Waals surface area contributed by atoms with Crippen LogP contribution in [0, 0.1) is 5.82 Å². The largest absolute Gasteiger partial charge is 0.495 e. The summed E-state index contributed by atoms with van der Waals surface area (Å²) in [7, 11) is 1.50. The molecule has 1 fully saturated rings. The highest BCUT2D eigenvalue weighted by atomic mass is 19.1. The number of halogens is 1. The van der Waals surface area contributed by atoms with Crippen LogP contribution in [-0.2, 0) is 14.4 Å². The highest BCUT2D eigenvalue weighted by Crippen LogP contribution is 2.36. The molecule has 0 saturated heterocycles. The number of carbonyl (C=O) groups excluding carboxylic acids is 3. The Morgan fingerprint density at radius 1 is 0.975 bits per heavy atom. The number of pyridine rings is 1. The van der Waals surface area contributed by atoms with Crippen LogP contribution in [0.5, 0.6) is 5.75 Å². The zero-order valence-electron chi connectivity index (χ0n) is 22.6. The molecule has 1 aliphatic rings. The number of hydrogen-bond acceptors (Lipinski definition) is 5. The molecule has 4 rings (SSSR count). The summed E-state index contributed by atoms with van der Waals surface area (Å²) in [4.78, 5) is 45.8. The van der Waals surface area contributed by atoms with Gasteiger partial charge in [0.15, 0.2) is 0 Å². The van der Waals surface area contributed by atoms with E-state index in [9.17, 15) is 18.8 Å². The number of hydrogen-bond donors (Lipinski definition) is 2. The van der Waals surface area contributed by atoms with E-state index < -0.39 is 11.9 Å². The normalized spacial score (nSPS) is 14.2. The van der Waals surface area contributed by atoms with E-state index in [2.05, 4.69) is 15.6 Å². The van der Waals surface area contributed by atoms with Gasteiger partial charge in [-0.15, -0.1) is 0 Å². The molecule has 2 N–H and O–H groups in total. The summed E-state index contributed by atoms with van der Waals surface area (Å²) in [6.45, 7) is 0. The lowest BCUT2D eigenvalue weighted by Gasteiger charge is -2.34. The quantitative estimate of drug-likeness (QED) is 0.328. The molecule has 3 amide bonds. The Morgan fingerprint density at radius 2 is 1.70 bits per heavy atom. The molecular weight excluding hydrogens is 511 g/mol. The third kappa shape index (κ3) is 7.65. The van der Waals surface area contributed by atoms with Gasteiger partial charge in [-0.1, -0.05) is 49.6 Å². The van der Waals surface area contributed by atoms with Crippen molar-refractivity contribution in [1.29, 1.82) is 0 Å². The van der Waals surface area contributed by atoms with E-state index in [1.807, 2.05) is 0 Å². The lowest BCUT2D eigenvalue weighted by atomic mass is 9.94. The molecule has 1 aromatic heterocycles. The number of aromatic nitrogens is 1. The van der Waals surface area contributed by atoms with E-state index in [1.54, 1.807) is 48.7 Å². The first-order chi connectivity index (χ1) is 19.5. The first kappa shape index (κ1) is 28.7. The van der Waals surface area contributed by atoms with Crippen molar-refractivity contribution in [3.05, 3.63) is 84.3 Å². The van der Waals surface area contributed by atoms with Crippen molar-refractivity contribution in [2.24, 2.45) is 0 Å². The number of benzene rings is 2. The Hall–Kier alpha value is -4.27. The number of methoxy groups -OCH3 is 1. The first-order valence-corrected chi connectivity index (χ1v) is 13.7. The van der Waals surface area contributed by atoms with Crippen molar-refractivity contribution in [2.75, 3.05) is 17.3 Å². The predicted octanol–water partition coefficient (Wildman–Crippen LogP) is 5.56. The molecule has 1 atom stereocenters. The molecule has 210 valence electrons. The summed E-state index contributed by atoms with van der Waals surface area (Å²) in [6, 6.07) is 16.7. The van der Waals surface area contributed by atoms with Crippen molar-refractivity contribution in [1.82, 2.24) is 10.3 Å². The number of para-hydroxylation sites is 2. The molecule has 0 aliphatic heterocycles. The summed E-state index contributed by atoms with van der Waals surface area (Å²) in [5, 5.41) is 5.86. The molecule has 1 saturated carbocycles. The molecule has 3 aromatic rings. The van der Waals surface area contributed by atoms with Crippen LogP contribution in [0.15, 0.2) is 72.9 Å². The van der Waals surface area contributed by atoms with Gasteiger partial charge < -0.3 is 15.4 Å². The third-order valence-corrected chi connectivity index (χ3v) is 6.98. The molecule has 2 aromatic carbocycles. The summed E-state index contributed by atoms with van der Waals surface area (Å²) >= 11 is 0. The minimum atomic E-state index is -1.06. The average Bonchev–Trinajstić information content (AvgIpc) is 2.97. The van der Waals surface area contributed by atoms with Gasteiger partial charge in [-0.05, 0) is 61.2 Å². The number of rotatable bonds is 11. The molecule has 9 heteroatoms. The van der Waals surface area contributed by atoms with Gasteiger partial charge in [0.25, 0.3) is 0 Å². The summed E-state index contributed by atoms with van der Waals surface area (Å²) in [6.07, 6.45) is 6.87. The Balaban J connectivity index is 1.60. The van der Waals surface area contributed by atoms with Gasteiger partial charge in [-0.3, -0.25) is 19.3 Å². The van der Waals surface area contributed by atoms with Crippen molar-refractivity contribution in [3.8, 4) is 5.75 Å². The van der Waals surface area contributed by atoms with E-state index in [4.69, 9.17) is 4.74 Å². The van der Waals surface area contributed by atoms with E-state index in [1.165, 1.54) is 36.3 Å². The van der Waals surface area contributed by atoms with Crippen molar-refractivity contribution in [2.45, 2.75) is 63.5 Å². The number of carbonyl (C=O) groups is 3. The summed E-state index contributed by atoms with van der Waals surface area (Å²) in [5.41, 5.74) is 0.892. The van der Waals surface area contributed by atoms with Crippen molar-refractivity contribution in [3.63, 3.8) is 0 Å². The van der Waals surface area contributed by atoms with Crippen molar-refractivity contribution < 1.29 is 23.5 Å². The zero-order valence-corrected chi connectivity index (χ0v) is 22.6. The second-order valence-corrected chi connectivity index (χ2v) is 9.85. The highest BCUT2D eigenvalue weighted by molar-refractivity contribution is 6.02. The molecule has 1 unspecified atom stereocenters. The summed E-state index contributed by atoms with van der Waals surface area (Å²) in [5.74, 6) is -0.551. The Labute approximate surface area is 233 Å². The molecule has 0 radical (unpaired) electrons. The van der Waals surface area contributed by atoms with Gasteiger partial charge in [0.05, 0.1) is 12.8 Å². The molecule has 1 aliphatic carbocycles. The van der Waals surface area contributed by atoms with Crippen LogP contribution >= 0.6 is 0 Å². The molecule has 1 heterocycles. The Bertz CT molecular complexity index is 1280. The standard InChI is InChI=1S/C31H35FN4O4/c1-40-26-13-6-5-12-25(26)36(29(38)16-9-15-28(37)35-27-14-7-8-21-33-27)30(22-17-19-23(32)20-18-22)31(39)34-24-10-3-2-4-11-24/h5-8,12-14,17-21,24,30H,2-4,9-11,15-16H2,1H3,(H,34,39)(H,33,35,37). The number of amides is 3. The minimum absolute atomic E-state index is 0.00207. The average molecular weight is 547 g/mol. The predicted molar refractivity (Wildman–Crippen MR) is 151 cm³/mol. The van der Waals surface area contributed by atoms with Crippen LogP contribution in [0.1, 0.15) is 63.0 Å². The van der Waals surface area contributed by atoms with E-state index >= 15 is 0 Å². The van der Waals surface area contributed by atoms with Gasteiger partial charge in [0.2, 0.25) is 17.7 Å². The number of nitrogens with one attached hydrogen (secondary N) is 2. The zero-order chi connectivity index (χ0) is 28.3. The SMILES string of the molecule is COc1ccccc1N(C(=O)CCCC(=O)Nc1ccccn1)C(C(=O)NC1CCCCC1)c1ccc(F)cc1. The first-order valence-electron chi connectivity index (χ1n) is 13.7. The lowest BCUT2D eigenvalue weighted by molar-refractivity contribution is -0.127. The van der Waals surface area contributed by atoms with Gasteiger partial charge in [-0.2, -0.15) is 0 Å². The molecule has 40 heavy (non-hydrogen) atoms. The topological polar surface area (TPSA) is 101 Å². The number of nitrogens with zero attached hydrogens (tertiary/aromatic N) is 2. The van der Waals surface area contributed by atoms with Crippen LogP contribution in [0.4, 0.5) is 15.9 Å². The van der Waals surface area contributed by atoms with Crippen LogP contribution < -0.4 is 20.3 Å². The van der Waals surface area contributed by atoms with Gasteiger partial charge in [-0.25, -0.2) is 9.37 Å². The van der Waals surface area contributed by atoms with E-state index in [0.29, 0.717) is 22.8 Å². The smallest absolute Gasteiger partial charge is 0.248 e. The lowest BCUT2D eigenvalue weighted by Crippen LogP contribution is -2.47. The van der Waals surface area contributed by atoms with E-state index in [0.717, 1.165) is 32.1 Å². The van der Waals surface area contributed by atoms with Crippen LogP contribution in [0.2, 0.25) is 0 Å². The number of ether oxygens (including phenoxy) is 1.